The summed E-state index contributed by atoms with van der Waals surface area (Å²) in [6, 6.07) is 0.827. The molecule has 0 saturated heterocycles. The van der Waals surface area contributed by atoms with Crippen LogP contribution in [0.3, 0.4) is 0 Å². The Labute approximate surface area is 144 Å². The Morgan fingerprint density at radius 1 is 0.583 bits per heavy atom. The topological polar surface area (TPSA) is 105 Å². The highest BCUT2D eigenvalue weighted by Gasteiger charge is 2.40. The highest BCUT2D eigenvalue weighted by Crippen LogP contribution is 2.23. The van der Waals surface area contributed by atoms with E-state index < -0.39 is 41.0 Å². The highest BCUT2D eigenvalue weighted by atomic mass is 28.4. The third-order valence-corrected chi connectivity index (χ3v) is 8.35. The van der Waals surface area contributed by atoms with E-state index in [4.69, 9.17) is 17.7 Å². The first-order chi connectivity index (χ1) is 10.9. The van der Waals surface area contributed by atoms with Crippen molar-refractivity contribution >= 4 is 41.0 Å². The summed E-state index contributed by atoms with van der Waals surface area (Å²) >= 11 is 0. The summed E-state index contributed by atoms with van der Waals surface area (Å²) in [5.74, 6) is -1.98. The fourth-order valence-electron chi connectivity index (χ4n) is 2.35. The Morgan fingerprint density at radius 2 is 0.792 bits per heavy atom. The summed E-state index contributed by atoms with van der Waals surface area (Å²) in [7, 11) is -5.87. The van der Waals surface area contributed by atoms with Gasteiger partial charge in [0.05, 0.1) is 0 Å². The van der Waals surface area contributed by atoms with E-state index >= 15 is 0 Å². The van der Waals surface area contributed by atoms with Crippen LogP contribution in [0, 0.1) is 0 Å². The van der Waals surface area contributed by atoms with Crippen molar-refractivity contribution in [2.75, 3.05) is 0 Å². The minimum atomic E-state index is -2.94. The summed E-state index contributed by atoms with van der Waals surface area (Å²) in [6.45, 7) is 8.34. The van der Waals surface area contributed by atoms with Crippen molar-refractivity contribution in [1.82, 2.24) is 0 Å². The molecule has 0 saturated carbocycles. The molecule has 0 aromatic carbocycles. The number of carbonyl (C=O) groups is 4. The lowest BCUT2D eigenvalue weighted by Crippen LogP contribution is -2.43. The molecule has 0 aliphatic carbocycles. The minimum Gasteiger partial charge on any atom is -0.485 e. The maximum Gasteiger partial charge on any atom is 0.461 e. The van der Waals surface area contributed by atoms with E-state index in [0.717, 1.165) is 0 Å². The van der Waals surface area contributed by atoms with Gasteiger partial charge in [0, 0.05) is 52.9 Å². The Bertz CT molecular complexity index is 415. The van der Waals surface area contributed by atoms with Crippen LogP contribution in [0.1, 0.15) is 40.5 Å². The van der Waals surface area contributed by atoms with Crippen LogP contribution in [-0.4, -0.2) is 41.0 Å². The molecule has 0 aliphatic rings. The lowest BCUT2D eigenvalue weighted by atomic mass is 10.4. The largest absolute Gasteiger partial charge is 0.485 e. The summed E-state index contributed by atoms with van der Waals surface area (Å²) in [4.78, 5) is 44.8. The normalized spacial score (nSPS) is 11.4. The van der Waals surface area contributed by atoms with Crippen molar-refractivity contribution in [2.24, 2.45) is 0 Å². The van der Waals surface area contributed by atoms with E-state index in [0.29, 0.717) is 24.9 Å². The number of rotatable bonds is 9. The molecule has 0 aromatic rings. The van der Waals surface area contributed by atoms with E-state index in [9.17, 15) is 19.2 Å². The number of hydrogen-bond donors (Lipinski definition) is 0. The zero-order chi connectivity index (χ0) is 19.0. The van der Waals surface area contributed by atoms with Crippen molar-refractivity contribution in [2.45, 2.75) is 65.7 Å². The predicted molar refractivity (Wildman–Crippen MR) is 89.1 cm³/mol. The van der Waals surface area contributed by atoms with Gasteiger partial charge in [0.15, 0.2) is 0 Å². The second kappa shape index (κ2) is 9.57. The third-order valence-electron chi connectivity index (χ3n) is 2.95. The second-order valence-electron chi connectivity index (χ2n) is 5.85. The zero-order valence-corrected chi connectivity index (χ0v) is 17.1. The molecule has 0 atom stereocenters. The smallest absolute Gasteiger partial charge is 0.461 e. The van der Waals surface area contributed by atoms with Crippen LogP contribution in [0.2, 0.25) is 25.2 Å². The molecule has 0 fully saturated rings. The van der Waals surface area contributed by atoms with Crippen LogP contribution in [0.4, 0.5) is 0 Å². The van der Waals surface area contributed by atoms with Gasteiger partial charge in [0.2, 0.25) is 0 Å². The summed E-state index contributed by atoms with van der Waals surface area (Å²) in [6.07, 6.45) is 1.16. The van der Waals surface area contributed by atoms with Gasteiger partial charge in [-0.15, -0.1) is 0 Å². The van der Waals surface area contributed by atoms with Gasteiger partial charge in [0.25, 0.3) is 23.9 Å². The first kappa shape index (κ1) is 22.3. The first-order valence-corrected chi connectivity index (χ1v) is 12.7. The molecule has 138 valence electrons. The van der Waals surface area contributed by atoms with Gasteiger partial charge >= 0.3 is 17.1 Å². The third kappa shape index (κ3) is 10.2. The molecule has 0 unspecified atom stereocenters. The van der Waals surface area contributed by atoms with E-state index in [1.54, 1.807) is 13.1 Å². The minimum absolute atomic E-state index is 0.413. The molecular formula is C14H26O8Si2. The second-order valence-corrected chi connectivity index (χ2v) is 12.2. The summed E-state index contributed by atoms with van der Waals surface area (Å²) < 4.78 is 20.8. The maximum atomic E-state index is 11.2. The fourth-order valence-corrected chi connectivity index (χ4v) is 7.06. The van der Waals surface area contributed by atoms with Crippen molar-refractivity contribution in [3.05, 3.63) is 0 Å². The summed E-state index contributed by atoms with van der Waals surface area (Å²) in [5.41, 5.74) is 0. The molecule has 8 nitrogen and oxygen atoms in total. The lowest BCUT2D eigenvalue weighted by molar-refractivity contribution is -0.141. The molecule has 0 radical (unpaired) electrons. The van der Waals surface area contributed by atoms with Crippen LogP contribution < -0.4 is 0 Å². The van der Waals surface area contributed by atoms with Crippen molar-refractivity contribution < 1.29 is 36.9 Å². The van der Waals surface area contributed by atoms with Gasteiger partial charge in [0.1, 0.15) is 0 Å². The van der Waals surface area contributed by atoms with Crippen molar-refractivity contribution in [3.63, 3.8) is 0 Å². The molecule has 0 spiro atoms. The molecule has 0 N–H and O–H groups in total. The van der Waals surface area contributed by atoms with Gasteiger partial charge in [-0.05, 0) is 12.8 Å². The van der Waals surface area contributed by atoms with E-state index in [-0.39, 0.29) is 0 Å². The Morgan fingerprint density at radius 3 is 0.958 bits per heavy atom. The molecule has 0 aromatic heterocycles. The van der Waals surface area contributed by atoms with Crippen LogP contribution in [0.5, 0.6) is 0 Å². The fraction of sp³-hybridized carbons (Fsp3) is 0.714. The van der Waals surface area contributed by atoms with Crippen LogP contribution in [0.25, 0.3) is 0 Å². The van der Waals surface area contributed by atoms with Crippen LogP contribution >= 0.6 is 0 Å². The SMILES string of the molecule is CC(=O)O[Si](C)(CCCC[Si](C)(OC(C)=O)OC(C)=O)OC(C)=O. The van der Waals surface area contributed by atoms with E-state index in [1.165, 1.54) is 27.7 Å². The molecule has 0 bridgehead atoms. The zero-order valence-electron chi connectivity index (χ0n) is 15.1. The quantitative estimate of drug-likeness (QED) is 0.444. The van der Waals surface area contributed by atoms with Gasteiger partial charge in [-0.2, -0.15) is 0 Å². The number of unbranched alkanes of at least 4 members (excludes halogenated alkanes) is 1. The molecule has 0 heterocycles. The lowest BCUT2D eigenvalue weighted by Gasteiger charge is -2.27. The number of hydrogen-bond acceptors (Lipinski definition) is 8. The molecule has 0 amide bonds. The van der Waals surface area contributed by atoms with Gasteiger partial charge < -0.3 is 17.7 Å². The highest BCUT2D eigenvalue weighted by molar-refractivity contribution is 6.69. The monoisotopic (exact) mass is 378 g/mol. The predicted octanol–water partition coefficient (Wildman–Crippen LogP) is 2.16. The molecular weight excluding hydrogens is 352 g/mol. The Hall–Kier alpha value is -1.69. The van der Waals surface area contributed by atoms with Crippen molar-refractivity contribution in [1.29, 1.82) is 0 Å². The average molecular weight is 379 g/mol. The van der Waals surface area contributed by atoms with Gasteiger partial charge in [-0.25, -0.2) is 0 Å². The van der Waals surface area contributed by atoms with Crippen molar-refractivity contribution in [3.8, 4) is 0 Å². The molecule has 0 aliphatic heterocycles. The van der Waals surface area contributed by atoms with E-state index in [2.05, 4.69) is 0 Å². The standard InChI is InChI=1S/C14H26O8Si2/c1-11(15)19-23(5,20-12(2)16)9-7-8-10-24(6,21-13(3)17)22-14(4)18/h7-10H2,1-6H3. The molecule has 24 heavy (non-hydrogen) atoms. The van der Waals surface area contributed by atoms with Gasteiger partial charge in [-0.1, -0.05) is 0 Å². The van der Waals surface area contributed by atoms with Crippen LogP contribution in [0.15, 0.2) is 0 Å². The van der Waals surface area contributed by atoms with Crippen LogP contribution in [-0.2, 0) is 36.9 Å². The average Bonchev–Trinajstić information content (AvgIpc) is 2.30. The Balaban J connectivity index is 4.67. The summed E-state index contributed by atoms with van der Waals surface area (Å²) in [5, 5.41) is 0. The van der Waals surface area contributed by atoms with Gasteiger partial charge in [-0.3, -0.25) is 19.2 Å². The Kier molecular flexibility index (Phi) is 8.90. The molecule has 0 rings (SSSR count). The first-order valence-electron chi connectivity index (χ1n) is 7.66. The molecule has 10 heteroatoms. The van der Waals surface area contributed by atoms with E-state index in [1.807, 2.05) is 0 Å². The number of carbonyl (C=O) groups excluding carboxylic acids is 4. The maximum absolute atomic E-state index is 11.2.